The first-order valence-electron chi connectivity index (χ1n) is 7.25. The van der Waals surface area contributed by atoms with Crippen molar-refractivity contribution in [1.29, 1.82) is 0 Å². The zero-order valence-corrected chi connectivity index (χ0v) is 12.8. The normalized spacial score (nSPS) is 10.9. The van der Waals surface area contributed by atoms with Gasteiger partial charge in [0, 0.05) is 24.7 Å². The molecule has 21 heavy (non-hydrogen) atoms. The predicted molar refractivity (Wildman–Crippen MR) is 83.9 cm³/mol. The van der Waals surface area contributed by atoms with Crippen LogP contribution in [-0.4, -0.2) is 16.8 Å². The maximum Gasteiger partial charge on any atom is 0.290 e. The van der Waals surface area contributed by atoms with Gasteiger partial charge in [-0.05, 0) is 43.7 Å². The molecule has 1 amide bonds. The van der Waals surface area contributed by atoms with Crippen LogP contribution in [0.25, 0.3) is 0 Å². The van der Waals surface area contributed by atoms with Crippen LogP contribution in [0, 0.1) is 0 Å². The zero-order chi connectivity index (χ0) is 15.4. The van der Waals surface area contributed by atoms with Crippen molar-refractivity contribution in [3.63, 3.8) is 0 Å². The lowest BCUT2D eigenvalue weighted by molar-refractivity contribution is 0.0655. The highest BCUT2D eigenvalue weighted by molar-refractivity contribution is 5.91. The van der Waals surface area contributed by atoms with Gasteiger partial charge in [0.2, 0.25) is 0 Å². The van der Waals surface area contributed by atoms with Gasteiger partial charge in [-0.2, -0.15) is 0 Å². The minimum Gasteiger partial charge on any atom is -0.456 e. The maximum absolute atomic E-state index is 12.6. The van der Waals surface area contributed by atoms with Crippen LogP contribution in [0.1, 0.15) is 42.6 Å². The second kappa shape index (κ2) is 6.48. The molecule has 0 saturated carbocycles. The molecule has 4 heteroatoms. The third kappa shape index (κ3) is 3.66. The Kier molecular flexibility index (Phi) is 4.68. The summed E-state index contributed by atoms with van der Waals surface area (Å²) in [5.41, 5.74) is 7.51. The number of aryl methyl sites for hydroxylation is 1. The summed E-state index contributed by atoms with van der Waals surface area (Å²) >= 11 is 0. The van der Waals surface area contributed by atoms with Crippen molar-refractivity contribution < 1.29 is 9.21 Å². The number of furan rings is 1. The monoisotopic (exact) mass is 286 g/mol. The van der Waals surface area contributed by atoms with Gasteiger partial charge in [-0.15, -0.1) is 0 Å². The molecule has 2 aromatic rings. The predicted octanol–water partition coefficient (Wildman–Crippen LogP) is 3.48. The summed E-state index contributed by atoms with van der Waals surface area (Å²) in [6.45, 7) is 6.51. The Morgan fingerprint density at radius 3 is 2.62 bits per heavy atom. The third-order valence-electron chi connectivity index (χ3n) is 3.41. The number of rotatable bonds is 5. The molecule has 0 radical (unpaired) electrons. The molecule has 1 aromatic heterocycles. The summed E-state index contributed by atoms with van der Waals surface area (Å²) in [5, 5.41) is 0. The lowest BCUT2D eigenvalue weighted by atomic mass is 10.1. The van der Waals surface area contributed by atoms with Crippen LogP contribution in [0.4, 0.5) is 5.69 Å². The number of nitrogen functional groups attached to an aromatic ring is 1. The fraction of sp³-hybridized carbons (Fsp3) is 0.353. The van der Waals surface area contributed by atoms with E-state index < -0.39 is 0 Å². The molecule has 2 N–H and O–H groups in total. The van der Waals surface area contributed by atoms with Crippen LogP contribution >= 0.6 is 0 Å². The van der Waals surface area contributed by atoms with Gasteiger partial charge in [-0.3, -0.25) is 4.79 Å². The highest BCUT2D eigenvalue weighted by Crippen LogP contribution is 2.17. The number of nitrogens with two attached hydrogens (primary N) is 1. The van der Waals surface area contributed by atoms with Crippen molar-refractivity contribution >= 4 is 11.6 Å². The van der Waals surface area contributed by atoms with E-state index in [1.54, 1.807) is 11.0 Å². The first-order chi connectivity index (χ1) is 10.0. The number of carbonyl (C=O) groups is 1. The number of hydrogen-bond donors (Lipinski definition) is 1. The van der Waals surface area contributed by atoms with E-state index in [-0.39, 0.29) is 11.9 Å². The molecule has 0 unspecified atom stereocenters. The second-order valence-electron chi connectivity index (χ2n) is 5.39. The largest absolute Gasteiger partial charge is 0.456 e. The van der Waals surface area contributed by atoms with Crippen LogP contribution in [0.5, 0.6) is 0 Å². The standard InChI is InChI=1S/C17H22N2O2/c1-4-15-8-9-16(21-15)17(20)19(12(2)3)11-13-6-5-7-14(18)10-13/h5-10,12H,4,11,18H2,1-3H3. The van der Waals surface area contributed by atoms with Gasteiger partial charge in [0.1, 0.15) is 5.76 Å². The van der Waals surface area contributed by atoms with E-state index in [4.69, 9.17) is 10.2 Å². The minimum absolute atomic E-state index is 0.0779. The average molecular weight is 286 g/mol. The fourth-order valence-corrected chi connectivity index (χ4v) is 2.20. The summed E-state index contributed by atoms with van der Waals surface area (Å²) < 4.78 is 5.57. The molecule has 4 nitrogen and oxygen atoms in total. The molecule has 0 spiro atoms. The molecule has 0 fully saturated rings. The van der Waals surface area contributed by atoms with E-state index in [2.05, 4.69) is 0 Å². The molecule has 1 aromatic carbocycles. The number of nitrogens with zero attached hydrogens (tertiary/aromatic N) is 1. The third-order valence-corrected chi connectivity index (χ3v) is 3.41. The molecule has 1 heterocycles. The quantitative estimate of drug-likeness (QED) is 0.856. The van der Waals surface area contributed by atoms with E-state index in [0.717, 1.165) is 17.7 Å². The summed E-state index contributed by atoms with van der Waals surface area (Å²) in [7, 11) is 0. The molecule has 112 valence electrons. The Hall–Kier alpha value is -2.23. The van der Waals surface area contributed by atoms with Gasteiger partial charge in [0.25, 0.3) is 5.91 Å². The highest BCUT2D eigenvalue weighted by atomic mass is 16.4. The molecule has 0 saturated heterocycles. The van der Waals surface area contributed by atoms with Crippen LogP contribution in [-0.2, 0) is 13.0 Å². The van der Waals surface area contributed by atoms with Gasteiger partial charge in [0.15, 0.2) is 5.76 Å². The summed E-state index contributed by atoms with van der Waals surface area (Å²) in [6, 6.07) is 11.3. The molecule has 0 aliphatic carbocycles. The lowest BCUT2D eigenvalue weighted by Crippen LogP contribution is -2.36. The van der Waals surface area contributed by atoms with Gasteiger partial charge in [0.05, 0.1) is 0 Å². The lowest BCUT2D eigenvalue weighted by Gasteiger charge is -2.26. The van der Waals surface area contributed by atoms with Crippen LogP contribution in [0.15, 0.2) is 40.8 Å². The second-order valence-corrected chi connectivity index (χ2v) is 5.39. The summed E-state index contributed by atoms with van der Waals surface area (Å²) in [5.74, 6) is 1.13. The average Bonchev–Trinajstić information content (AvgIpc) is 2.93. The van der Waals surface area contributed by atoms with E-state index in [0.29, 0.717) is 18.0 Å². The first kappa shape index (κ1) is 15.2. The highest BCUT2D eigenvalue weighted by Gasteiger charge is 2.22. The maximum atomic E-state index is 12.6. The number of benzene rings is 1. The Morgan fingerprint density at radius 1 is 1.29 bits per heavy atom. The topological polar surface area (TPSA) is 59.5 Å². The number of hydrogen-bond acceptors (Lipinski definition) is 3. The molecule has 2 rings (SSSR count). The van der Waals surface area contributed by atoms with E-state index >= 15 is 0 Å². The van der Waals surface area contributed by atoms with Gasteiger partial charge in [-0.1, -0.05) is 19.1 Å². The number of anilines is 1. The van der Waals surface area contributed by atoms with E-state index in [9.17, 15) is 4.79 Å². The van der Waals surface area contributed by atoms with Crippen molar-refractivity contribution in [2.75, 3.05) is 5.73 Å². The van der Waals surface area contributed by atoms with Gasteiger partial charge in [-0.25, -0.2) is 0 Å². The van der Waals surface area contributed by atoms with Gasteiger partial charge >= 0.3 is 0 Å². The zero-order valence-electron chi connectivity index (χ0n) is 12.8. The first-order valence-corrected chi connectivity index (χ1v) is 7.25. The molecular weight excluding hydrogens is 264 g/mol. The Morgan fingerprint density at radius 2 is 2.05 bits per heavy atom. The van der Waals surface area contributed by atoms with E-state index in [1.807, 2.05) is 51.1 Å². The molecule has 0 aliphatic rings. The van der Waals surface area contributed by atoms with Crippen molar-refractivity contribution in [2.24, 2.45) is 0 Å². The molecular formula is C17H22N2O2. The Bertz CT molecular complexity index is 617. The minimum atomic E-state index is -0.0906. The van der Waals surface area contributed by atoms with Crippen molar-refractivity contribution in [3.8, 4) is 0 Å². The van der Waals surface area contributed by atoms with Crippen LogP contribution in [0.2, 0.25) is 0 Å². The van der Waals surface area contributed by atoms with Crippen LogP contribution < -0.4 is 5.73 Å². The Balaban J connectivity index is 2.20. The summed E-state index contributed by atoms with van der Waals surface area (Å²) in [4.78, 5) is 14.4. The van der Waals surface area contributed by atoms with Crippen LogP contribution in [0.3, 0.4) is 0 Å². The molecule has 0 atom stereocenters. The smallest absolute Gasteiger partial charge is 0.290 e. The van der Waals surface area contributed by atoms with E-state index in [1.165, 1.54) is 0 Å². The number of carbonyl (C=O) groups excluding carboxylic acids is 1. The molecule has 0 bridgehead atoms. The van der Waals surface area contributed by atoms with Crippen molar-refractivity contribution in [1.82, 2.24) is 4.90 Å². The molecule has 0 aliphatic heterocycles. The Labute approximate surface area is 125 Å². The van der Waals surface area contributed by atoms with Crippen molar-refractivity contribution in [3.05, 3.63) is 53.5 Å². The van der Waals surface area contributed by atoms with Gasteiger partial charge < -0.3 is 15.1 Å². The number of amides is 1. The fourth-order valence-electron chi connectivity index (χ4n) is 2.20. The summed E-state index contributed by atoms with van der Waals surface area (Å²) in [6.07, 6.45) is 0.782. The SMILES string of the molecule is CCc1ccc(C(=O)N(Cc2cccc(N)c2)C(C)C)o1. The van der Waals surface area contributed by atoms with Crippen molar-refractivity contribution in [2.45, 2.75) is 39.8 Å².